The van der Waals surface area contributed by atoms with Crippen molar-refractivity contribution in [3.05, 3.63) is 46.8 Å². The number of anilines is 1. The Morgan fingerprint density at radius 2 is 2.00 bits per heavy atom. The second kappa shape index (κ2) is 6.21. The van der Waals surface area contributed by atoms with Crippen molar-refractivity contribution in [2.75, 3.05) is 11.9 Å². The molecule has 6 heteroatoms. The minimum absolute atomic E-state index is 0.0977. The zero-order valence-corrected chi connectivity index (χ0v) is 11.6. The fourth-order valence-corrected chi connectivity index (χ4v) is 2.51. The molecule has 0 fully saturated rings. The summed E-state index contributed by atoms with van der Waals surface area (Å²) < 4.78 is 5.29. The third-order valence-corrected chi connectivity index (χ3v) is 3.42. The summed E-state index contributed by atoms with van der Waals surface area (Å²) in [6, 6.07) is 10.5. The summed E-state index contributed by atoms with van der Waals surface area (Å²) in [5.41, 5.74) is 0.0977. The highest BCUT2D eigenvalue weighted by atomic mass is 32.1. The molecule has 0 saturated carbocycles. The van der Waals surface area contributed by atoms with Crippen molar-refractivity contribution in [3.63, 3.8) is 0 Å². The molecule has 2 rings (SSSR count). The fourth-order valence-electron chi connectivity index (χ4n) is 1.59. The summed E-state index contributed by atoms with van der Waals surface area (Å²) in [5, 5.41) is 11.9. The molecule has 0 atom stereocenters. The number of benzene rings is 1. The van der Waals surface area contributed by atoms with Crippen LogP contribution in [0.2, 0.25) is 0 Å². The van der Waals surface area contributed by atoms with Crippen molar-refractivity contribution in [1.82, 2.24) is 0 Å². The number of aromatic carboxylic acids is 1. The molecule has 0 aliphatic heterocycles. The number of carbonyl (C=O) groups excluding carboxylic acids is 1. The molecule has 2 N–H and O–H groups in total. The summed E-state index contributed by atoms with van der Waals surface area (Å²) in [4.78, 5) is 23.6. The van der Waals surface area contributed by atoms with Crippen LogP contribution in [-0.4, -0.2) is 23.6 Å². The van der Waals surface area contributed by atoms with Crippen molar-refractivity contribution < 1.29 is 19.4 Å². The lowest BCUT2D eigenvalue weighted by molar-refractivity contribution is -0.118. The lowest BCUT2D eigenvalue weighted by Gasteiger charge is -2.06. The standard InChI is InChI=1S/C14H13NO4S/c1-9-7-11(14(17)18)13(20-9)15-12(16)8-19-10-5-3-2-4-6-10/h2-7H,8H2,1H3,(H,15,16)(H,17,18). The minimum atomic E-state index is -1.06. The first-order chi connectivity index (χ1) is 9.56. The van der Waals surface area contributed by atoms with Crippen LogP contribution in [0.1, 0.15) is 15.2 Å². The third kappa shape index (κ3) is 3.58. The second-order valence-electron chi connectivity index (χ2n) is 4.05. The second-order valence-corrected chi connectivity index (χ2v) is 5.31. The van der Waals surface area contributed by atoms with Gasteiger partial charge < -0.3 is 15.2 Å². The van der Waals surface area contributed by atoms with E-state index in [9.17, 15) is 9.59 Å². The Morgan fingerprint density at radius 3 is 2.65 bits per heavy atom. The highest BCUT2D eigenvalue weighted by Gasteiger charge is 2.16. The normalized spacial score (nSPS) is 10.1. The zero-order valence-electron chi connectivity index (χ0n) is 10.8. The number of aryl methyl sites for hydroxylation is 1. The molecule has 20 heavy (non-hydrogen) atoms. The van der Waals surface area contributed by atoms with E-state index in [0.717, 1.165) is 4.88 Å². The van der Waals surface area contributed by atoms with E-state index in [4.69, 9.17) is 9.84 Å². The largest absolute Gasteiger partial charge is 0.484 e. The molecule has 104 valence electrons. The molecule has 0 aliphatic rings. The molecule has 0 unspecified atom stereocenters. The van der Waals surface area contributed by atoms with Crippen molar-refractivity contribution in [3.8, 4) is 5.75 Å². The number of thiophene rings is 1. The van der Waals surface area contributed by atoms with E-state index in [-0.39, 0.29) is 12.2 Å². The number of hydrogen-bond acceptors (Lipinski definition) is 4. The average molecular weight is 291 g/mol. The number of amides is 1. The summed E-state index contributed by atoms with van der Waals surface area (Å²) in [5.74, 6) is -0.865. The van der Waals surface area contributed by atoms with Crippen LogP contribution in [0.3, 0.4) is 0 Å². The van der Waals surface area contributed by atoms with Gasteiger partial charge in [0, 0.05) is 4.88 Å². The summed E-state index contributed by atoms with van der Waals surface area (Å²) in [6.07, 6.45) is 0. The Hall–Kier alpha value is -2.34. The Bertz CT molecular complexity index is 621. The zero-order chi connectivity index (χ0) is 14.5. The van der Waals surface area contributed by atoms with Gasteiger partial charge in [0.05, 0.1) is 5.56 Å². The van der Waals surface area contributed by atoms with Crippen molar-refractivity contribution >= 4 is 28.2 Å². The van der Waals surface area contributed by atoms with Crippen LogP contribution in [0.4, 0.5) is 5.00 Å². The van der Waals surface area contributed by atoms with Gasteiger partial charge in [0.1, 0.15) is 10.8 Å². The van der Waals surface area contributed by atoms with Crippen LogP contribution in [-0.2, 0) is 4.79 Å². The van der Waals surface area contributed by atoms with Gasteiger partial charge >= 0.3 is 5.97 Å². The van der Waals surface area contributed by atoms with Gasteiger partial charge in [-0.25, -0.2) is 4.79 Å². The molecule has 0 aliphatic carbocycles. The SMILES string of the molecule is Cc1cc(C(=O)O)c(NC(=O)COc2ccccc2)s1. The van der Waals surface area contributed by atoms with Crippen molar-refractivity contribution in [2.45, 2.75) is 6.92 Å². The lowest BCUT2D eigenvalue weighted by Crippen LogP contribution is -2.20. The maximum absolute atomic E-state index is 11.7. The van der Waals surface area contributed by atoms with Gasteiger partial charge in [0.25, 0.3) is 5.91 Å². The first-order valence-corrected chi connectivity index (χ1v) is 6.69. The molecular formula is C14H13NO4S. The Labute approximate surface area is 119 Å². The summed E-state index contributed by atoms with van der Waals surface area (Å²) in [7, 11) is 0. The molecular weight excluding hydrogens is 278 g/mol. The highest BCUT2D eigenvalue weighted by Crippen LogP contribution is 2.27. The van der Waals surface area contributed by atoms with E-state index >= 15 is 0 Å². The van der Waals surface area contributed by atoms with Gasteiger partial charge in [-0.3, -0.25) is 4.79 Å². The van der Waals surface area contributed by atoms with Gasteiger partial charge in [-0.1, -0.05) is 18.2 Å². The van der Waals surface area contributed by atoms with Crippen LogP contribution in [0.15, 0.2) is 36.4 Å². The number of carboxylic acid groups (broad SMARTS) is 1. The lowest BCUT2D eigenvalue weighted by atomic mass is 10.3. The molecule has 1 aromatic carbocycles. The number of ether oxygens (including phenoxy) is 1. The number of nitrogens with one attached hydrogen (secondary N) is 1. The van der Waals surface area contributed by atoms with E-state index in [2.05, 4.69) is 5.32 Å². The Balaban J connectivity index is 1.96. The van der Waals surface area contributed by atoms with E-state index < -0.39 is 11.9 Å². The molecule has 1 heterocycles. The first kappa shape index (κ1) is 14.1. The molecule has 2 aromatic rings. The van der Waals surface area contributed by atoms with Crippen LogP contribution in [0.25, 0.3) is 0 Å². The van der Waals surface area contributed by atoms with Gasteiger partial charge in [-0.05, 0) is 25.1 Å². The van der Waals surface area contributed by atoms with Gasteiger partial charge in [0.2, 0.25) is 0 Å². The molecule has 1 aromatic heterocycles. The first-order valence-electron chi connectivity index (χ1n) is 5.87. The van der Waals surface area contributed by atoms with Crippen molar-refractivity contribution in [2.24, 2.45) is 0 Å². The fraction of sp³-hybridized carbons (Fsp3) is 0.143. The minimum Gasteiger partial charge on any atom is -0.484 e. The Kier molecular flexibility index (Phi) is 4.37. The summed E-state index contributed by atoms with van der Waals surface area (Å²) in [6.45, 7) is 1.62. The van der Waals surface area contributed by atoms with Crippen LogP contribution < -0.4 is 10.1 Å². The van der Waals surface area contributed by atoms with Gasteiger partial charge in [-0.15, -0.1) is 11.3 Å². The van der Waals surface area contributed by atoms with E-state index in [1.807, 2.05) is 6.07 Å². The maximum atomic E-state index is 11.7. The van der Waals surface area contributed by atoms with E-state index in [1.54, 1.807) is 31.2 Å². The average Bonchev–Trinajstić information content (AvgIpc) is 2.79. The molecule has 0 bridgehead atoms. The predicted octanol–water partition coefficient (Wildman–Crippen LogP) is 2.77. The predicted molar refractivity (Wildman–Crippen MR) is 76.6 cm³/mol. The third-order valence-electron chi connectivity index (χ3n) is 2.45. The smallest absolute Gasteiger partial charge is 0.338 e. The number of para-hydroxylation sites is 1. The Morgan fingerprint density at radius 1 is 1.30 bits per heavy atom. The molecule has 0 radical (unpaired) electrons. The highest BCUT2D eigenvalue weighted by molar-refractivity contribution is 7.16. The summed E-state index contributed by atoms with van der Waals surface area (Å²) >= 11 is 1.22. The molecule has 5 nitrogen and oxygen atoms in total. The van der Waals surface area contributed by atoms with Gasteiger partial charge in [-0.2, -0.15) is 0 Å². The number of carbonyl (C=O) groups is 2. The topological polar surface area (TPSA) is 75.6 Å². The van der Waals surface area contributed by atoms with E-state index in [1.165, 1.54) is 17.4 Å². The van der Waals surface area contributed by atoms with Gasteiger partial charge in [0.15, 0.2) is 6.61 Å². The van der Waals surface area contributed by atoms with Crippen molar-refractivity contribution in [1.29, 1.82) is 0 Å². The van der Waals surface area contributed by atoms with Crippen LogP contribution in [0.5, 0.6) is 5.75 Å². The monoisotopic (exact) mass is 291 g/mol. The number of hydrogen-bond donors (Lipinski definition) is 2. The number of rotatable bonds is 5. The van der Waals surface area contributed by atoms with E-state index in [0.29, 0.717) is 10.8 Å². The molecule has 0 spiro atoms. The quantitative estimate of drug-likeness (QED) is 0.888. The van der Waals surface area contributed by atoms with Crippen LogP contribution in [0, 0.1) is 6.92 Å². The molecule has 0 saturated heterocycles. The van der Waals surface area contributed by atoms with Crippen LogP contribution >= 0.6 is 11.3 Å². The number of carboxylic acids is 1. The maximum Gasteiger partial charge on any atom is 0.338 e. The molecule has 1 amide bonds.